The van der Waals surface area contributed by atoms with Crippen molar-refractivity contribution in [2.45, 2.75) is 38.9 Å². The van der Waals surface area contributed by atoms with Crippen LogP contribution in [0.1, 0.15) is 43.6 Å². The molecule has 0 unspecified atom stereocenters. The van der Waals surface area contributed by atoms with Crippen LogP contribution in [0.25, 0.3) is 11.1 Å². The zero-order valence-corrected chi connectivity index (χ0v) is 17.3. The summed E-state index contributed by atoms with van der Waals surface area (Å²) in [6.45, 7) is 8.22. The summed E-state index contributed by atoms with van der Waals surface area (Å²) < 4.78 is 12.2. The fraction of sp³-hybridized carbons (Fsp3) is 0.240. The van der Waals surface area contributed by atoms with Crippen LogP contribution in [0.2, 0.25) is 0 Å². The normalized spacial score (nSPS) is 17.3. The van der Waals surface area contributed by atoms with Gasteiger partial charge in [-0.2, -0.15) is 0 Å². The maximum atomic E-state index is 12.6. The van der Waals surface area contributed by atoms with Gasteiger partial charge in [0.15, 0.2) is 5.78 Å². The summed E-state index contributed by atoms with van der Waals surface area (Å²) in [7, 11) is -0.361. The Kier molecular flexibility index (Phi) is 4.93. The molecule has 3 aromatic carbocycles. The van der Waals surface area contributed by atoms with E-state index in [1.165, 1.54) is 0 Å². The Labute approximate surface area is 172 Å². The van der Waals surface area contributed by atoms with Gasteiger partial charge in [-0.25, -0.2) is 0 Å². The number of hydrogen-bond donors (Lipinski definition) is 0. The van der Waals surface area contributed by atoms with Crippen LogP contribution in [0.3, 0.4) is 0 Å². The van der Waals surface area contributed by atoms with Crippen molar-refractivity contribution in [3.63, 3.8) is 0 Å². The van der Waals surface area contributed by atoms with Gasteiger partial charge in [0.2, 0.25) is 0 Å². The number of carbonyl (C=O) groups is 1. The highest BCUT2D eigenvalue weighted by atomic mass is 16.7. The second kappa shape index (κ2) is 7.29. The maximum Gasteiger partial charge on any atom is 0.494 e. The minimum absolute atomic E-state index is 0.0354. The molecule has 146 valence electrons. The second-order valence-electron chi connectivity index (χ2n) is 8.48. The molecule has 3 aromatic rings. The van der Waals surface area contributed by atoms with Gasteiger partial charge in [0.25, 0.3) is 0 Å². The molecule has 0 atom stereocenters. The van der Waals surface area contributed by atoms with Crippen molar-refractivity contribution in [3.05, 3.63) is 90.0 Å². The topological polar surface area (TPSA) is 35.5 Å². The quantitative estimate of drug-likeness (QED) is 0.475. The Balaban J connectivity index is 1.51. The number of carbonyl (C=O) groups excluding carboxylic acids is 1. The van der Waals surface area contributed by atoms with Crippen LogP contribution < -0.4 is 5.46 Å². The van der Waals surface area contributed by atoms with Crippen LogP contribution in [0.5, 0.6) is 0 Å². The Morgan fingerprint density at radius 1 is 0.655 bits per heavy atom. The van der Waals surface area contributed by atoms with Gasteiger partial charge in [-0.15, -0.1) is 0 Å². The smallest absolute Gasteiger partial charge is 0.399 e. The van der Waals surface area contributed by atoms with Crippen LogP contribution in [0, 0.1) is 0 Å². The van der Waals surface area contributed by atoms with Crippen molar-refractivity contribution in [1.82, 2.24) is 0 Å². The number of ketones is 1. The van der Waals surface area contributed by atoms with Gasteiger partial charge in [-0.1, -0.05) is 78.9 Å². The zero-order valence-electron chi connectivity index (χ0n) is 17.3. The highest BCUT2D eigenvalue weighted by Crippen LogP contribution is 2.36. The van der Waals surface area contributed by atoms with Gasteiger partial charge in [-0.3, -0.25) is 4.79 Å². The van der Waals surface area contributed by atoms with Gasteiger partial charge in [-0.05, 0) is 44.3 Å². The van der Waals surface area contributed by atoms with Crippen molar-refractivity contribution >= 4 is 18.4 Å². The first-order valence-corrected chi connectivity index (χ1v) is 9.93. The van der Waals surface area contributed by atoms with Crippen molar-refractivity contribution in [2.24, 2.45) is 0 Å². The Morgan fingerprint density at radius 3 is 1.62 bits per heavy atom. The van der Waals surface area contributed by atoms with Gasteiger partial charge >= 0.3 is 7.12 Å². The molecule has 1 saturated heterocycles. The number of benzene rings is 3. The second-order valence-corrected chi connectivity index (χ2v) is 8.48. The Morgan fingerprint density at radius 2 is 1.10 bits per heavy atom. The van der Waals surface area contributed by atoms with Crippen molar-refractivity contribution in [3.8, 4) is 11.1 Å². The number of hydrogen-bond acceptors (Lipinski definition) is 3. The summed E-state index contributed by atoms with van der Waals surface area (Å²) in [6.07, 6.45) is 0. The van der Waals surface area contributed by atoms with Crippen LogP contribution in [0.15, 0.2) is 78.9 Å². The van der Waals surface area contributed by atoms with E-state index in [4.69, 9.17) is 9.31 Å². The molecule has 1 aliphatic rings. The summed E-state index contributed by atoms with van der Waals surface area (Å²) in [5, 5.41) is 0. The van der Waals surface area contributed by atoms with Gasteiger partial charge in [0.1, 0.15) is 0 Å². The fourth-order valence-corrected chi connectivity index (χ4v) is 3.38. The minimum Gasteiger partial charge on any atom is -0.399 e. The molecule has 29 heavy (non-hydrogen) atoms. The molecule has 0 bridgehead atoms. The summed E-state index contributed by atoms with van der Waals surface area (Å²) >= 11 is 0. The first-order chi connectivity index (χ1) is 13.8. The minimum atomic E-state index is -0.361. The van der Waals surface area contributed by atoms with E-state index in [1.807, 2.05) is 66.7 Å². The van der Waals surface area contributed by atoms with E-state index in [2.05, 4.69) is 39.8 Å². The molecule has 1 aliphatic heterocycles. The van der Waals surface area contributed by atoms with E-state index in [1.54, 1.807) is 0 Å². The molecule has 0 N–H and O–H groups in total. The van der Waals surface area contributed by atoms with Gasteiger partial charge in [0, 0.05) is 11.1 Å². The first kappa shape index (κ1) is 19.6. The summed E-state index contributed by atoms with van der Waals surface area (Å²) in [5.41, 5.74) is 3.85. The van der Waals surface area contributed by atoms with Crippen LogP contribution >= 0.6 is 0 Å². The molecule has 0 amide bonds. The molecule has 4 heteroatoms. The third-order valence-corrected chi connectivity index (χ3v) is 5.95. The van der Waals surface area contributed by atoms with E-state index >= 15 is 0 Å². The SMILES string of the molecule is CC1(C)OB(c2ccc(-c3ccc(C(=O)c4ccccc4)cc3)cc2)OC1(C)C. The highest BCUT2D eigenvalue weighted by Gasteiger charge is 2.51. The predicted molar refractivity (Wildman–Crippen MR) is 117 cm³/mol. The standard InChI is InChI=1S/C25H25BO3/c1-24(2)25(3,4)29-26(28-24)22-16-14-19(15-17-22)18-10-12-21(13-11-18)23(27)20-8-6-5-7-9-20/h5-17H,1-4H3. The van der Waals surface area contributed by atoms with E-state index in [-0.39, 0.29) is 24.1 Å². The lowest BCUT2D eigenvalue weighted by molar-refractivity contribution is 0.00578. The third kappa shape index (κ3) is 3.78. The average Bonchev–Trinajstić information content (AvgIpc) is 2.95. The van der Waals surface area contributed by atoms with Crippen LogP contribution in [-0.2, 0) is 9.31 Å². The van der Waals surface area contributed by atoms with Crippen molar-refractivity contribution in [2.75, 3.05) is 0 Å². The lowest BCUT2D eigenvalue weighted by Gasteiger charge is -2.32. The van der Waals surface area contributed by atoms with Crippen LogP contribution in [0.4, 0.5) is 0 Å². The summed E-state index contributed by atoms with van der Waals surface area (Å²) in [6, 6.07) is 25.3. The molecular formula is C25H25BO3. The molecule has 3 nitrogen and oxygen atoms in total. The highest BCUT2D eigenvalue weighted by molar-refractivity contribution is 6.62. The van der Waals surface area contributed by atoms with E-state index in [0.717, 1.165) is 16.6 Å². The fourth-order valence-electron chi connectivity index (χ4n) is 3.38. The molecule has 1 heterocycles. The molecule has 0 spiro atoms. The molecule has 1 fully saturated rings. The third-order valence-electron chi connectivity index (χ3n) is 5.95. The molecule has 0 saturated carbocycles. The lowest BCUT2D eigenvalue weighted by Crippen LogP contribution is -2.41. The van der Waals surface area contributed by atoms with Gasteiger partial charge < -0.3 is 9.31 Å². The van der Waals surface area contributed by atoms with E-state index < -0.39 is 0 Å². The van der Waals surface area contributed by atoms with Crippen molar-refractivity contribution < 1.29 is 14.1 Å². The molecular weight excluding hydrogens is 359 g/mol. The van der Waals surface area contributed by atoms with E-state index in [0.29, 0.717) is 11.1 Å². The Hall–Kier alpha value is -2.69. The van der Waals surface area contributed by atoms with E-state index in [9.17, 15) is 4.79 Å². The van der Waals surface area contributed by atoms with Crippen molar-refractivity contribution in [1.29, 1.82) is 0 Å². The summed E-state index contributed by atoms with van der Waals surface area (Å²) in [5.74, 6) is 0.0354. The maximum absolute atomic E-state index is 12.6. The first-order valence-electron chi connectivity index (χ1n) is 9.93. The zero-order chi connectivity index (χ0) is 20.6. The monoisotopic (exact) mass is 384 g/mol. The predicted octanol–water partition coefficient (Wildman–Crippen LogP) is 4.88. The average molecular weight is 384 g/mol. The Bertz CT molecular complexity index is 990. The lowest BCUT2D eigenvalue weighted by atomic mass is 9.78. The van der Waals surface area contributed by atoms with Gasteiger partial charge in [0.05, 0.1) is 11.2 Å². The molecule has 0 aromatic heterocycles. The largest absolute Gasteiger partial charge is 0.494 e. The number of rotatable bonds is 4. The summed E-state index contributed by atoms with van der Waals surface area (Å²) in [4.78, 5) is 12.6. The molecule has 0 aliphatic carbocycles. The molecule has 0 radical (unpaired) electrons. The van der Waals surface area contributed by atoms with Crippen LogP contribution in [-0.4, -0.2) is 24.1 Å². The molecule has 4 rings (SSSR count).